The molecule has 1 aliphatic rings. The Bertz CT molecular complexity index is 1700. The Morgan fingerprint density at radius 1 is 1.10 bits per heavy atom. The Morgan fingerprint density at radius 3 is 2.62 bits per heavy atom. The number of rotatable bonds is 7. The van der Waals surface area contributed by atoms with Gasteiger partial charge in [-0.2, -0.15) is 9.78 Å². The van der Waals surface area contributed by atoms with E-state index in [0.29, 0.717) is 61.4 Å². The van der Waals surface area contributed by atoms with Gasteiger partial charge in [-0.3, -0.25) is 4.79 Å². The largest absolute Gasteiger partial charge is 0.490 e. The number of aromatic nitrogens is 2. The van der Waals surface area contributed by atoms with Crippen molar-refractivity contribution < 1.29 is 18.9 Å². The fourth-order valence-corrected chi connectivity index (χ4v) is 5.16. The molecule has 4 aromatic rings. The van der Waals surface area contributed by atoms with Gasteiger partial charge in [0, 0.05) is 19.9 Å². The maximum absolute atomic E-state index is 13.5. The van der Waals surface area contributed by atoms with Crippen LogP contribution in [0.3, 0.4) is 0 Å². The number of hydrogen-bond acceptors (Lipinski definition) is 7. The fourth-order valence-electron chi connectivity index (χ4n) is 4.14. The molecule has 0 saturated carbocycles. The molecule has 0 spiro atoms. The number of halogens is 3. The fraction of sp³-hybridized carbons (Fsp3) is 0.276. The van der Waals surface area contributed by atoms with Crippen molar-refractivity contribution in [2.75, 3.05) is 13.4 Å². The lowest BCUT2D eigenvalue weighted by Crippen LogP contribution is -2.29. The van der Waals surface area contributed by atoms with Crippen LogP contribution in [0.5, 0.6) is 23.0 Å². The first-order valence-corrected chi connectivity index (χ1v) is 14.5. The second kappa shape index (κ2) is 11.4. The molecule has 40 heavy (non-hydrogen) atoms. The van der Waals surface area contributed by atoms with Crippen molar-refractivity contribution in [1.29, 1.82) is 0 Å². The lowest BCUT2D eigenvalue weighted by atomic mass is 9.95. The van der Waals surface area contributed by atoms with Crippen molar-refractivity contribution in [3.63, 3.8) is 0 Å². The second-order valence-electron chi connectivity index (χ2n) is 10.0. The average Bonchev–Trinajstić information content (AvgIpc) is 3.38. The van der Waals surface area contributed by atoms with E-state index in [2.05, 4.69) is 37.0 Å². The molecule has 11 heteroatoms. The molecule has 0 fully saturated rings. The first-order valence-electron chi connectivity index (χ1n) is 12.5. The molecule has 0 aliphatic carbocycles. The predicted octanol–water partition coefficient (Wildman–Crippen LogP) is 7.46. The molecule has 0 saturated heterocycles. The van der Waals surface area contributed by atoms with Crippen molar-refractivity contribution >= 4 is 60.6 Å². The summed E-state index contributed by atoms with van der Waals surface area (Å²) in [6.07, 6.45) is 1.56. The molecule has 0 unspecified atom stereocenters. The number of ether oxygens (including phenoxy) is 4. The van der Waals surface area contributed by atoms with E-state index >= 15 is 0 Å². The van der Waals surface area contributed by atoms with Gasteiger partial charge in [-0.15, -0.1) is 0 Å². The maximum atomic E-state index is 13.5. The zero-order valence-corrected chi connectivity index (χ0v) is 26.2. The van der Waals surface area contributed by atoms with Crippen LogP contribution in [0.2, 0.25) is 5.02 Å². The lowest BCUT2D eigenvalue weighted by molar-refractivity contribution is 0.174. The van der Waals surface area contributed by atoms with Gasteiger partial charge < -0.3 is 18.9 Å². The molecule has 5 rings (SSSR count). The zero-order chi connectivity index (χ0) is 28.6. The van der Waals surface area contributed by atoms with Gasteiger partial charge in [-0.25, -0.2) is 4.98 Å². The Kier molecular flexibility index (Phi) is 8.13. The number of nitrogens with zero attached hydrogens (tertiary/aromatic N) is 3. The van der Waals surface area contributed by atoms with E-state index in [-0.39, 0.29) is 19.0 Å². The Balaban J connectivity index is 1.52. The molecule has 0 atom stereocenters. The molecule has 208 valence electrons. The molecule has 8 nitrogen and oxygen atoms in total. The molecule has 0 bridgehead atoms. The van der Waals surface area contributed by atoms with E-state index in [0.717, 1.165) is 10.0 Å². The van der Waals surface area contributed by atoms with E-state index < -0.39 is 5.41 Å². The summed E-state index contributed by atoms with van der Waals surface area (Å²) >= 11 is 13.8. The predicted molar refractivity (Wildman–Crippen MR) is 163 cm³/mol. The van der Waals surface area contributed by atoms with Crippen LogP contribution in [0, 0.1) is 0 Å². The normalized spacial score (nSPS) is 12.9. The summed E-state index contributed by atoms with van der Waals surface area (Å²) in [7, 11) is 0. The highest BCUT2D eigenvalue weighted by atomic mass is 79.9. The van der Waals surface area contributed by atoms with Gasteiger partial charge in [0.1, 0.15) is 17.5 Å². The van der Waals surface area contributed by atoms with Crippen molar-refractivity contribution in [1.82, 2.24) is 9.66 Å². The van der Waals surface area contributed by atoms with Crippen LogP contribution < -0.4 is 24.5 Å². The topological polar surface area (TPSA) is 84.2 Å². The zero-order valence-electron chi connectivity index (χ0n) is 22.3. The first-order chi connectivity index (χ1) is 19.1. The van der Waals surface area contributed by atoms with E-state index in [4.69, 9.17) is 35.5 Å². The Hall–Kier alpha value is -3.08. The summed E-state index contributed by atoms with van der Waals surface area (Å²) in [5.74, 6) is 2.73. The second-order valence-corrected chi connectivity index (χ2v) is 12.1. The molecule has 1 aromatic heterocycles. The lowest BCUT2D eigenvalue weighted by Gasteiger charge is -2.21. The molecule has 0 N–H and O–H groups in total. The highest BCUT2D eigenvalue weighted by molar-refractivity contribution is 9.10. The smallest absolute Gasteiger partial charge is 0.282 e. The quantitative estimate of drug-likeness (QED) is 0.187. The van der Waals surface area contributed by atoms with Gasteiger partial charge in [-0.05, 0) is 64.8 Å². The van der Waals surface area contributed by atoms with Crippen molar-refractivity contribution in [2.24, 2.45) is 5.10 Å². The third-order valence-electron chi connectivity index (χ3n) is 6.07. The molecular weight excluding hydrogens is 666 g/mol. The van der Waals surface area contributed by atoms with E-state index in [1.165, 1.54) is 4.68 Å². The van der Waals surface area contributed by atoms with E-state index in [1.54, 1.807) is 18.3 Å². The van der Waals surface area contributed by atoms with Crippen LogP contribution >= 0.6 is 43.5 Å². The minimum absolute atomic E-state index is 0.201. The molecule has 3 aromatic carbocycles. The maximum Gasteiger partial charge on any atom is 0.282 e. The molecule has 0 radical (unpaired) electrons. The molecule has 1 aliphatic heterocycles. The van der Waals surface area contributed by atoms with Crippen molar-refractivity contribution in [3.05, 3.63) is 83.7 Å². The van der Waals surface area contributed by atoms with Gasteiger partial charge in [-0.1, -0.05) is 54.4 Å². The summed E-state index contributed by atoms with van der Waals surface area (Å²) in [6.45, 7) is 8.66. The van der Waals surface area contributed by atoms with Crippen LogP contribution in [-0.2, 0) is 12.0 Å². The minimum Gasteiger partial charge on any atom is -0.490 e. The van der Waals surface area contributed by atoms with Gasteiger partial charge >= 0.3 is 0 Å². The van der Waals surface area contributed by atoms with Crippen molar-refractivity contribution in [2.45, 2.75) is 39.7 Å². The van der Waals surface area contributed by atoms with Gasteiger partial charge in [0.25, 0.3) is 5.56 Å². The van der Waals surface area contributed by atoms with E-state index in [9.17, 15) is 4.79 Å². The highest BCUT2D eigenvalue weighted by Gasteiger charge is 2.24. The van der Waals surface area contributed by atoms with Gasteiger partial charge in [0.15, 0.2) is 23.0 Å². The standard InChI is InChI=1S/C29H26Br2ClN3O5/c1-5-37-23-11-17(24(31)25(32)26(23)38-14-16-6-9-21-22(10-16)40-15-39-21)13-33-35-27(36)19-12-18(30)7-8-20(19)34-28(35)29(2,3)4/h6-13H,5,14-15H2,1-4H3. The van der Waals surface area contributed by atoms with Gasteiger partial charge in [0.05, 0.1) is 23.7 Å². The minimum atomic E-state index is -0.449. The van der Waals surface area contributed by atoms with Gasteiger partial charge in [0.2, 0.25) is 6.79 Å². The Labute approximate surface area is 253 Å². The monoisotopic (exact) mass is 689 g/mol. The van der Waals surface area contributed by atoms with Crippen molar-refractivity contribution in [3.8, 4) is 23.0 Å². The SMILES string of the molecule is CCOc1cc(C=Nn2c(C(C)(C)C)nc3ccc(Br)cc3c2=O)c(Br)c(Cl)c1OCc1ccc2c(c1)OCO2. The van der Waals surface area contributed by atoms with Crippen LogP contribution in [0.15, 0.2) is 61.3 Å². The third-order valence-corrected chi connectivity index (χ3v) is 8.00. The van der Waals surface area contributed by atoms with Crippen LogP contribution in [0.25, 0.3) is 10.9 Å². The summed E-state index contributed by atoms with van der Waals surface area (Å²) in [4.78, 5) is 18.3. The number of fused-ring (bicyclic) bond motifs is 2. The van der Waals surface area contributed by atoms with Crippen LogP contribution in [0.4, 0.5) is 0 Å². The summed E-state index contributed by atoms with van der Waals surface area (Å²) in [5.41, 5.74) is 1.37. The molecule has 2 heterocycles. The molecule has 0 amide bonds. The Morgan fingerprint density at radius 2 is 1.88 bits per heavy atom. The van der Waals surface area contributed by atoms with E-state index in [1.807, 2.05) is 58.0 Å². The number of hydrogen-bond donors (Lipinski definition) is 0. The van der Waals surface area contributed by atoms with Crippen LogP contribution in [-0.4, -0.2) is 29.3 Å². The summed E-state index contributed by atoms with van der Waals surface area (Å²) in [5, 5.41) is 5.35. The molecular formula is C29H26Br2ClN3O5. The summed E-state index contributed by atoms with van der Waals surface area (Å²) in [6, 6.07) is 12.8. The third kappa shape index (κ3) is 5.70. The highest BCUT2D eigenvalue weighted by Crippen LogP contribution is 2.43. The number of benzene rings is 3. The summed E-state index contributed by atoms with van der Waals surface area (Å²) < 4.78 is 25.5. The van der Waals surface area contributed by atoms with Crippen LogP contribution in [0.1, 0.15) is 44.6 Å². The first kappa shape index (κ1) is 28.4. The average molecular weight is 692 g/mol.